The first-order valence-electron chi connectivity index (χ1n) is 7.89. The van der Waals surface area contributed by atoms with Crippen LogP contribution < -0.4 is 16.0 Å². The number of carbonyl (C=O) groups excluding carboxylic acids is 2. The van der Waals surface area contributed by atoms with Gasteiger partial charge in [-0.05, 0) is 58.0 Å². The number of amides is 2. The number of rotatable bonds is 6. The lowest BCUT2D eigenvalue weighted by Gasteiger charge is -2.19. The minimum Gasteiger partial charge on any atom is -0.444 e. The molecular weight excluding hydrogens is 326 g/mol. The molecular formula is C17H25N3O3S. The van der Waals surface area contributed by atoms with E-state index >= 15 is 0 Å². The van der Waals surface area contributed by atoms with Gasteiger partial charge in [0, 0.05) is 18.7 Å². The lowest BCUT2D eigenvalue weighted by atomic mass is 10.2. The molecule has 3 N–H and O–H groups in total. The van der Waals surface area contributed by atoms with Crippen molar-refractivity contribution >= 4 is 29.3 Å². The van der Waals surface area contributed by atoms with Gasteiger partial charge in [-0.1, -0.05) is 18.2 Å². The highest BCUT2D eigenvalue weighted by Crippen LogP contribution is 2.06. The largest absolute Gasteiger partial charge is 0.444 e. The van der Waals surface area contributed by atoms with Crippen molar-refractivity contribution < 1.29 is 14.3 Å². The zero-order valence-corrected chi connectivity index (χ0v) is 15.2. The number of hydrogen-bond donors (Lipinski definition) is 3. The van der Waals surface area contributed by atoms with Crippen molar-refractivity contribution in [3.05, 3.63) is 35.9 Å². The standard InChI is InChI=1S/C17H25N3O3S/c1-17(2,3)23-16(22)19-12-8-7-11-18-15(24)20-14(21)13-9-5-4-6-10-13/h4-6,9-10H,7-8,11-12H2,1-3H3,(H,19,22)(H2,18,20,21,24). The monoisotopic (exact) mass is 351 g/mol. The minimum absolute atomic E-state index is 0.236. The van der Waals surface area contributed by atoms with Gasteiger partial charge in [-0.15, -0.1) is 0 Å². The Morgan fingerprint density at radius 3 is 2.21 bits per heavy atom. The summed E-state index contributed by atoms with van der Waals surface area (Å²) in [5, 5.41) is 8.57. The molecule has 0 aliphatic heterocycles. The van der Waals surface area contributed by atoms with Gasteiger partial charge in [-0.3, -0.25) is 10.1 Å². The van der Waals surface area contributed by atoms with Crippen molar-refractivity contribution in [2.75, 3.05) is 13.1 Å². The summed E-state index contributed by atoms with van der Waals surface area (Å²) in [5.74, 6) is -0.236. The normalized spacial score (nSPS) is 10.6. The van der Waals surface area contributed by atoms with Crippen LogP contribution in [-0.2, 0) is 4.74 Å². The number of unbranched alkanes of at least 4 members (excludes halogenated alkanes) is 1. The number of thiocarbonyl (C=S) groups is 1. The molecule has 7 heteroatoms. The molecule has 0 saturated carbocycles. The van der Waals surface area contributed by atoms with Crippen molar-refractivity contribution in [3.8, 4) is 0 Å². The van der Waals surface area contributed by atoms with Crippen molar-refractivity contribution in [1.82, 2.24) is 16.0 Å². The topological polar surface area (TPSA) is 79.5 Å². The van der Waals surface area contributed by atoms with Gasteiger partial charge in [0.1, 0.15) is 5.60 Å². The second-order valence-electron chi connectivity index (χ2n) is 6.21. The summed E-state index contributed by atoms with van der Waals surface area (Å²) in [5.41, 5.74) is 0.0672. The lowest BCUT2D eigenvalue weighted by Crippen LogP contribution is -2.39. The zero-order chi connectivity index (χ0) is 18.0. The summed E-state index contributed by atoms with van der Waals surface area (Å²) in [6, 6.07) is 8.88. The van der Waals surface area contributed by atoms with Crippen LogP contribution in [0.2, 0.25) is 0 Å². The van der Waals surface area contributed by atoms with E-state index in [1.807, 2.05) is 26.8 Å². The van der Waals surface area contributed by atoms with Crippen LogP contribution in [0.1, 0.15) is 44.0 Å². The van der Waals surface area contributed by atoms with E-state index in [4.69, 9.17) is 17.0 Å². The van der Waals surface area contributed by atoms with Crippen molar-refractivity contribution in [2.24, 2.45) is 0 Å². The molecule has 1 aromatic carbocycles. The maximum Gasteiger partial charge on any atom is 0.407 e. The predicted octanol–water partition coefficient (Wildman–Crippen LogP) is 2.60. The molecule has 0 bridgehead atoms. The van der Waals surface area contributed by atoms with Gasteiger partial charge in [0.15, 0.2) is 5.11 Å². The molecule has 0 aliphatic rings. The number of benzene rings is 1. The van der Waals surface area contributed by atoms with Crippen molar-refractivity contribution in [2.45, 2.75) is 39.2 Å². The molecule has 0 fully saturated rings. The summed E-state index contributed by atoms with van der Waals surface area (Å²) in [4.78, 5) is 23.3. The molecule has 1 aromatic rings. The Bertz CT molecular complexity index is 556. The van der Waals surface area contributed by atoms with Gasteiger partial charge in [0.25, 0.3) is 5.91 Å². The zero-order valence-electron chi connectivity index (χ0n) is 14.3. The Hall–Kier alpha value is -2.15. The summed E-state index contributed by atoms with van der Waals surface area (Å²) < 4.78 is 5.13. The Kier molecular flexibility index (Phi) is 8.18. The molecule has 132 valence electrons. The molecule has 6 nitrogen and oxygen atoms in total. The molecule has 0 aliphatic carbocycles. The van der Waals surface area contributed by atoms with E-state index < -0.39 is 11.7 Å². The molecule has 0 radical (unpaired) electrons. The fourth-order valence-corrected chi connectivity index (χ4v) is 1.96. The average molecular weight is 351 g/mol. The highest BCUT2D eigenvalue weighted by atomic mass is 32.1. The highest BCUT2D eigenvalue weighted by molar-refractivity contribution is 7.80. The summed E-state index contributed by atoms with van der Waals surface area (Å²) >= 11 is 5.08. The molecule has 2 amide bonds. The molecule has 1 rings (SSSR count). The van der Waals surface area contributed by atoms with E-state index in [1.54, 1.807) is 24.3 Å². The first-order valence-corrected chi connectivity index (χ1v) is 8.30. The van der Waals surface area contributed by atoms with Crippen LogP contribution in [0, 0.1) is 0 Å². The van der Waals surface area contributed by atoms with Crippen LogP contribution in [0.5, 0.6) is 0 Å². The first-order chi connectivity index (χ1) is 11.3. The number of carbonyl (C=O) groups is 2. The van der Waals surface area contributed by atoms with E-state index in [0.717, 1.165) is 12.8 Å². The third-order valence-electron chi connectivity index (χ3n) is 2.82. The Morgan fingerprint density at radius 1 is 1.04 bits per heavy atom. The maximum atomic E-state index is 11.9. The van der Waals surface area contributed by atoms with E-state index in [9.17, 15) is 9.59 Å². The number of alkyl carbamates (subject to hydrolysis) is 1. The van der Waals surface area contributed by atoms with Crippen LogP contribution >= 0.6 is 12.2 Å². The fourth-order valence-electron chi connectivity index (χ4n) is 1.77. The lowest BCUT2D eigenvalue weighted by molar-refractivity contribution is 0.0527. The Morgan fingerprint density at radius 2 is 1.62 bits per heavy atom. The first kappa shape index (κ1) is 19.9. The summed E-state index contributed by atoms with van der Waals surface area (Å²) in [6.07, 6.45) is 1.17. The van der Waals surface area contributed by atoms with Crippen LogP contribution in [0.3, 0.4) is 0 Å². The van der Waals surface area contributed by atoms with E-state index in [-0.39, 0.29) is 5.91 Å². The van der Waals surface area contributed by atoms with Crippen LogP contribution in [-0.4, -0.2) is 35.8 Å². The SMILES string of the molecule is CC(C)(C)OC(=O)NCCCCNC(=S)NC(=O)c1ccccc1. The van der Waals surface area contributed by atoms with Crippen LogP contribution in [0.25, 0.3) is 0 Å². The second kappa shape index (κ2) is 9.87. The minimum atomic E-state index is -0.491. The predicted molar refractivity (Wildman–Crippen MR) is 98.0 cm³/mol. The van der Waals surface area contributed by atoms with Gasteiger partial charge >= 0.3 is 6.09 Å². The number of ether oxygens (including phenoxy) is 1. The van der Waals surface area contributed by atoms with Crippen LogP contribution in [0.15, 0.2) is 30.3 Å². The highest BCUT2D eigenvalue weighted by Gasteiger charge is 2.15. The van der Waals surface area contributed by atoms with Gasteiger partial charge < -0.3 is 15.4 Å². The fraction of sp³-hybridized carbons (Fsp3) is 0.471. The number of nitrogens with one attached hydrogen (secondary N) is 3. The molecule has 0 atom stereocenters. The van der Waals surface area contributed by atoms with Gasteiger partial charge in [-0.25, -0.2) is 4.79 Å². The molecule has 0 aromatic heterocycles. The van der Waals surface area contributed by atoms with E-state index in [2.05, 4.69) is 16.0 Å². The summed E-state index contributed by atoms with van der Waals surface area (Å²) in [6.45, 7) is 6.60. The van der Waals surface area contributed by atoms with Crippen molar-refractivity contribution in [1.29, 1.82) is 0 Å². The van der Waals surface area contributed by atoms with Gasteiger partial charge in [0.05, 0.1) is 0 Å². The molecule has 0 saturated heterocycles. The molecule has 0 unspecified atom stereocenters. The third-order valence-corrected chi connectivity index (χ3v) is 3.07. The van der Waals surface area contributed by atoms with Crippen molar-refractivity contribution in [3.63, 3.8) is 0 Å². The smallest absolute Gasteiger partial charge is 0.407 e. The Balaban J connectivity index is 2.10. The maximum absolute atomic E-state index is 11.9. The number of hydrogen-bond acceptors (Lipinski definition) is 4. The van der Waals surface area contributed by atoms with E-state index in [1.165, 1.54) is 0 Å². The molecule has 24 heavy (non-hydrogen) atoms. The van der Waals surface area contributed by atoms with Crippen LogP contribution in [0.4, 0.5) is 4.79 Å². The average Bonchev–Trinajstić information content (AvgIpc) is 2.49. The Labute approximate surface area is 148 Å². The molecule has 0 spiro atoms. The van der Waals surface area contributed by atoms with Gasteiger partial charge in [0.2, 0.25) is 0 Å². The summed E-state index contributed by atoms with van der Waals surface area (Å²) in [7, 11) is 0. The second-order valence-corrected chi connectivity index (χ2v) is 6.62. The van der Waals surface area contributed by atoms with E-state index in [0.29, 0.717) is 23.8 Å². The quantitative estimate of drug-likeness (QED) is 0.542. The molecule has 0 heterocycles. The van der Waals surface area contributed by atoms with Gasteiger partial charge in [-0.2, -0.15) is 0 Å². The third kappa shape index (κ3) is 9.09.